The van der Waals surface area contributed by atoms with E-state index in [1.165, 1.54) is 18.2 Å². The van der Waals surface area contributed by atoms with Crippen LogP contribution in [0, 0.1) is 5.41 Å². The lowest BCUT2D eigenvalue weighted by Gasteiger charge is -2.71. The summed E-state index contributed by atoms with van der Waals surface area (Å²) in [6, 6.07) is 0.230. The van der Waals surface area contributed by atoms with Gasteiger partial charge in [-0.15, -0.1) is 13.2 Å². The van der Waals surface area contributed by atoms with Crippen LogP contribution in [0.5, 0.6) is 0 Å². The molecule has 1 aliphatic heterocycles. The number of hydrogen-bond donors (Lipinski definition) is 1. The maximum atomic E-state index is 13.7. The van der Waals surface area contributed by atoms with Gasteiger partial charge in [0.25, 0.3) is 5.92 Å². The molecule has 166 valence electrons. The van der Waals surface area contributed by atoms with Crippen molar-refractivity contribution in [2.24, 2.45) is 5.41 Å². The van der Waals surface area contributed by atoms with Crippen molar-refractivity contribution < 1.29 is 31.5 Å². The van der Waals surface area contributed by atoms with Crippen molar-refractivity contribution in [1.29, 1.82) is 0 Å². The SMILES string of the molecule is C[C@@H](Nc1cc(C23CC(C(C)(F)F)(C2)C3)ncn1)C(=O)N1C[C@H](OC(F)(F)F)[C@@H]1C. The zero-order valence-corrected chi connectivity index (χ0v) is 16.8. The monoisotopic (exact) mass is 434 g/mol. The summed E-state index contributed by atoms with van der Waals surface area (Å²) in [5.74, 6) is -2.72. The molecule has 0 aromatic carbocycles. The molecular formula is C19H23F5N4O2. The molecule has 5 rings (SSSR count). The standard InChI is InChI=1S/C19H23F5N4O2/c1-10(15(29)28-5-12(11(28)2)30-19(22,23)24)27-14-4-13(25-9-26-14)17-6-18(7-17,8-17)16(3,20)21/h4,9-12H,5-8H2,1-3H3,(H,25,26,27)/t10-,11+,12+,17?,18?/m1/s1. The number of rotatable bonds is 6. The van der Waals surface area contributed by atoms with Gasteiger partial charge >= 0.3 is 6.36 Å². The molecule has 0 spiro atoms. The quantitative estimate of drug-likeness (QED) is 0.695. The van der Waals surface area contributed by atoms with Gasteiger partial charge in [-0.1, -0.05) is 0 Å². The van der Waals surface area contributed by atoms with Crippen molar-refractivity contribution in [2.75, 3.05) is 11.9 Å². The highest BCUT2D eigenvalue weighted by Crippen LogP contribution is 2.77. The molecule has 4 aliphatic rings. The molecule has 0 unspecified atom stereocenters. The Morgan fingerprint density at radius 2 is 1.90 bits per heavy atom. The Hall–Kier alpha value is -2.04. The van der Waals surface area contributed by atoms with Crippen LogP contribution in [0.25, 0.3) is 0 Å². The molecule has 2 bridgehead atoms. The van der Waals surface area contributed by atoms with Crippen molar-refractivity contribution >= 4 is 11.7 Å². The minimum absolute atomic E-state index is 0.142. The third kappa shape index (κ3) is 3.30. The van der Waals surface area contributed by atoms with Crippen LogP contribution >= 0.6 is 0 Å². The van der Waals surface area contributed by atoms with Crippen LogP contribution in [0.4, 0.5) is 27.8 Å². The number of likely N-dealkylation sites (tertiary alicyclic amines) is 1. The third-order valence-corrected chi connectivity index (χ3v) is 6.88. The molecule has 30 heavy (non-hydrogen) atoms. The summed E-state index contributed by atoms with van der Waals surface area (Å²) < 4.78 is 68.5. The van der Waals surface area contributed by atoms with E-state index in [1.807, 2.05) is 0 Å². The van der Waals surface area contributed by atoms with Gasteiger partial charge < -0.3 is 10.2 Å². The maximum absolute atomic E-state index is 13.7. The number of halogens is 5. The minimum Gasteiger partial charge on any atom is -0.359 e. The highest BCUT2D eigenvalue weighted by molar-refractivity contribution is 5.85. The molecule has 1 amide bonds. The van der Waals surface area contributed by atoms with E-state index >= 15 is 0 Å². The van der Waals surface area contributed by atoms with E-state index in [9.17, 15) is 26.7 Å². The first-order valence-electron chi connectivity index (χ1n) is 9.77. The first-order chi connectivity index (χ1) is 13.8. The summed E-state index contributed by atoms with van der Waals surface area (Å²) in [5, 5.41) is 2.94. The Labute approximate surface area is 170 Å². The molecule has 1 saturated heterocycles. The zero-order chi connectivity index (χ0) is 22.1. The molecule has 3 atom stereocenters. The topological polar surface area (TPSA) is 67.4 Å². The van der Waals surface area contributed by atoms with Gasteiger partial charge in [0.2, 0.25) is 5.91 Å². The number of aromatic nitrogens is 2. The number of hydrogen-bond acceptors (Lipinski definition) is 5. The Morgan fingerprint density at radius 3 is 2.43 bits per heavy atom. The van der Waals surface area contributed by atoms with E-state index in [1.54, 1.807) is 13.0 Å². The summed E-state index contributed by atoms with van der Waals surface area (Å²) in [7, 11) is 0. The second-order valence-corrected chi connectivity index (χ2v) is 8.97. The van der Waals surface area contributed by atoms with Gasteiger partial charge in [0.15, 0.2) is 0 Å². The molecule has 1 N–H and O–H groups in total. The Kier molecular flexibility index (Phi) is 4.58. The minimum atomic E-state index is -4.74. The van der Waals surface area contributed by atoms with Crippen molar-refractivity contribution in [3.63, 3.8) is 0 Å². The number of nitrogens with zero attached hydrogens (tertiary/aromatic N) is 3. The van der Waals surface area contributed by atoms with Gasteiger partial charge in [-0.25, -0.2) is 18.7 Å². The van der Waals surface area contributed by atoms with Gasteiger partial charge in [0.05, 0.1) is 11.7 Å². The second kappa shape index (κ2) is 6.48. The van der Waals surface area contributed by atoms with Crippen molar-refractivity contribution in [3.05, 3.63) is 18.1 Å². The molecule has 1 aromatic heterocycles. The Morgan fingerprint density at radius 1 is 1.27 bits per heavy atom. The van der Waals surface area contributed by atoms with Crippen LogP contribution in [0.3, 0.4) is 0 Å². The normalized spacial score (nSPS) is 33.8. The van der Waals surface area contributed by atoms with Crippen molar-refractivity contribution in [1.82, 2.24) is 14.9 Å². The van der Waals surface area contributed by atoms with Gasteiger partial charge in [-0.3, -0.25) is 9.53 Å². The molecular weight excluding hydrogens is 411 g/mol. The lowest BCUT2D eigenvalue weighted by Crippen LogP contribution is -2.71. The number of carbonyl (C=O) groups excluding carboxylic acids is 1. The second-order valence-electron chi connectivity index (χ2n) is 8.97. The number of amides is 1. The highest BCUT2D eigenvalue weighted by atomic mass is 19.4. The van der Waals surface area contributed by atoms with E-state index in [-0.39, 0.29) is 17.9 Å². The number of nitrogens with one attached hydrogen (secondary N) is 1. The third-order valence-electron chi connectivity index (χ3n) is 6.88. The maximum Gasteiger partial charge on any atom is 0.522 e. The average Bonchev–Trinajstić information content (AvgIpc) is 2.53. The highest BCUT2D eigenvalue weighted by Gasteiger charge is 2.76. The lowest BCUT2D eigenvalue weighted by atomic mass is 9.32. The van der Waals surface area contributed by atoms with Gasteiger partial charge in [0.1, 0.15) is 24.3 Å². The summed E-state index contributed by atoms with van der Waals surface area (Å²) in [5.41, 5.74) is -0.626. The summed E-state index contributed by atoms with van der Waals surface area (Å²) in [6.45, 7) is 3.90. The number of anilines is 1. The number of alkyl halides is 5. The van der Waals surface area contributed by atoms with E-state index in [4.69, 9.17) is 0 Å². The predicted octanol–water partition coefficient (Wildman–Crippen LogP) is 3.49. The number of carbonyl (C=O) groups is 1. The van der Waals surface area contributed by atoms with E-state index in [2.05, 4.69) is 20.0 Å². The van der Waals surface area contributed by atoms with Gasteiger partial charge in [-0.05, 0) is 40.0 Å². The summed E-state index contributed by atoms with van der Waals surface area (Å²) >= 11 is 0. The molecule has 4 fully saturated rings. The van der Waals surface area contributed by atoms with Crippen molar-refractivity contribution in [2.45, 2.75) is 75.9 Å². The first kappa shape index (κ1) is 21.2. The van der Waals surface area contributed by atoms with E-state index in [0.29, 0.717) is 30.8 Å². The fraction of sp³-hybridized carbons (Fsp3) is 0.737. The average molecular weight is 434 g/mol. The zero-order valence-electron chi connectivity index (χ0n) is 16.8. The van der Waals surface area contributed by atoms with Crippen LogP contribution in [0.2, 0.25) is 0 Å². The lowest BCUT2D eigenvalue weighted by molar-refractivity contribution is -0.359. The fourth-order valence-corrected chi connectivity index (χ4v) is 4.96. The molecule has 2 heterocycles. The smallest absolute Gasteiger partial charge is 0.359 e. The Bertz CT molecular complexity index is 836. The molecule has 3 saturated carbocycles. The fourth-order valence-electron chi connectivity index (χ4n) is 4.96. The molecule has 6 nitrogen and oxygen atoms in total. The Balaban J connectivity index is 1.35. The molecule has 11 heteroatoms. The summed E-state index contributed by atoms with van der Waals surface area (Å²) in [4.78, 5) is 22.2. The molecule has 3 aliphatic carbocycles. The van der Waals surface area contributed by atoms with Crippen LogP contribution in [0.15, 0.2) is 12.4 Å². The van der Waals surface area contributed by atoms with E-state index in [0.717, 1.165) is 6.92 Å². The van der Waals surface area contributed by atoms with Crippen LogP contribution < -0.4 is 5.32 Å². The van der Waals surface area contributed by atoms with E-state index < -0.39 is 35.9 Å². The molecule has 0 radical (unpaired) electrons. The van der Waals surface area contributed by atoms with Crippen LogP contribution in [-0.4, -0.2) is 57.8 Å². The number of ether oxygens (including phenoxy) is 1. The molecule has 1 aromatic rings. The van der Waals surface area contributed by atoms with Gasteiger partial charge in [0, 0.05) is 23.4 Å². The van der Waals surface area contributed by atoms with Crippen molar-refractivity contribution in [3.8, 4) is 0 Å². The van der Waals surface area contributed by atoms with Crippen LogP contribution in [-0.2, 0) is 14.9 Å². The predicted molar refractivity (Wildman–Crippen MR) is 95.8 cm³/mol. The van der Waals surface area contributed by atoms with Gasteiger partial charge in [-0.2, -0.15) is 0 Å². The largest absolute Gasteiger partial charge is 0.522 e. The van der Waals surface area contributed by atoms with Crippen LogP contribution in [0.1, 0.15) is 45.7 Å². The summed E-state index contributed by atoms with van der Waals surface area (Å²) in [6.07, 6.45) is -3.37. The first-order valence-corrected chi connectivity index (χ1v) is 9.77.